The van der Waals surface area contributed by atoms with E-state index in [0.717, 1.165) is 12.1 Å². The highest BCUT2D eigenvalue weighted by molar-refractivity contribution is 7.89. The topological polar surface area (TPSA) is 84.5 Å². The van der Waals surface area contributed by atoms with E-state index in [9.17, 15) is 22.0 Å². The molecule has 0 bridgehead atoms. The first-order valence-electron chi connectivity index (χ1n) is 8.97. The molecule has 0 aromatic heterocycles. The van der Waals surface area contributed by atoms with Crippen molar-refractivity contribution in [2.24, 2.45) is 5.92 Å². The molecule has 29 heavy (non-hydrogen) atoms. The van der Waals surface area contributed by atoms with Crippen LogP contribution >= 0.6 is 0 Å². The molecule has 2 aromatic carbocycles. The minimum atomic E-state index is -3.98. The van der Waals surface area contributed by atoms with Gasteiger partial charge in [-0.2, -0.15) is 4.72 Å². The predicted molar refractivity (Wildman–Crippen MR) is 105 cm³/mol. The highest BCUT2D eigenvalue weighted by atomic mass is 32.2. The van der Waals surface area contributed by atoms with Gasteiger partial charge in [-0.25, -0.2) is 17.2 Å². The Labute approximate surface area is 169 Å². The summed E-state index contributed by atoms with van der Waals surface area (Å²) in [5.41, 5.74) is 0.0975. The first kappa shape index (κ1) is 22.8. The molecule has 0 saturated carbocycles. The summed E-state index contributed by atoms with van der Waals surface area (Å²) in [6.07, 6.45) is 0. The molecule has 0 aliphatic carbocycles. The van der Waals surface area contributed by atoms with Crippen molar-refractivity contribution in [1.82, 2.24) is 10.0 Å². The van der Waals surface area contributed by atoms with Crippen LogP contribution in [0.25, 0.3) is 0 Å². The number of halogens is 2. The Morgan fingerprint density at radius 1 is 1.03 bits per heavy atom. The molecule has 2 N–H and O–H groups in total. The van der Waals surface area contributed by atoms with Crippen molar-refractivity contribution < 1.29 is 26.7 Å². The van der Waals surface area contributed by atoms with Gasteiger partial charge in [0, 0.05) is 11.6 Å². The fraction of sp³-hybridized carbons (Fsp3) is 0.350. The van der Waals surface area contributed by atoms with Crippen LogP contribution < -0.4 is 14.8 Å². The zero-order valence-electron chi connectivity index (χ0n) is 16.6. The standard InChI is InChI=1S/C20H24F2N2O4S/c1-12(2)19(24-29(26,27)16-8-6-15(28-4)7-9-16)20(25)23-13(3)17-10-5-14(21)11-18(17)22/h5-13,19,24H,1-4H3,(H,23,25)/t13?,19-/m0/s1. The van der Waals surface area contributed by atoms with Crippen LogP contribution in [0.15, 0.2) is 47.4 Å². The molecule has 2 rings (SSSR count). The van der Waals surface area contributed by atoms with E-state index in [-0.39, 0.29) is 16.4 Å². The number of methoxy groups -OCH3 is 1. The minimum Gasteiger partial charge on any atom is -0.497 e. The molecule has 0 aliphatic heterocycles. The number of hydrogen-bond acceptors (Lipinski definition) is 4. The van der Waals surface area contributed by atoms with Crippen LogP contribution in [0.4, 0.5) is 8.78 Å². The summed E-state index contributed by atoms with van der Waals surface area (Å²) in [6, 6.07) is 6.92. The second kappa shape index (κ2) is 9.32. The lowest BCUT2D eigenvalue weighted by Gasteiger charge is -2.24. The molecule has 1 amide bonds. The van der Waals surface area contributed by atoms with Crippen LogP contribution in [0, 0.1) is 17.6 Å². The summed E-state index contributed by atoms with van der Waals surface area (Å²) in [5.74, 6) is -2.02. The van der Waals surface area contributed by atoms with Crippen LogP contribution in [0.3, 0.4) is 0 Å². The van der Waals surface area contributed by atoms with E-state index in [2.05, 4.69) is 10.0 Å². The number of carbonyl (C=O) groups excluding carboxylic acids is 1. The number of benzene rings is 2. The average Bonchev–Trinajstić information content (AvgIpc) is 2.65. The fourth-order valence-corrected chi connectivity index (χ4v) is 4.06. The van der Waals surface area contributed by atoms with Crippen molar-refractivity contribution in [1.29, 1.82) is 0 Å². The van der Waals surface area contributed by atoms with E-state index in [1.165, 1.54) is 44.4 Å². The number of sulfonamides is 1. The molecule has 9 heteroatoms. The molecule has 0 saturated heterocycles. The van der Waals surface area contributed by atoms with Crippen molar-refractivity contribution in [3.8, 4) is 5.75 Å². The van der Waals surface area contributed by atoms with Crippen LogP contribution in [0.5, 0.6) is 5.75 Å². The third-order valence-electron chi connectivity index (χ3n) is 4.39. The number of hydrogen-bond donors (Lipinski definition) is 2. The largest absolute Gasteiger partial charge is 0.497 e. The number of carbonyl (C=O) groups is 1. The second-order valence-electron chi connectivity index (χ2n) is 6.91. The van der Waals surface area contributed by atoms with Gasteiger partial charge in [0.2, 0.25) is 15.9 Å². The zero-order chi connectivity index (χ0) is 21.8. The molecule has 0 heterocycles. The maximum absolute atomic E-state index is 14.0. The van der Waals surface area contributed by atoms with E-state index >= 15 is 0 Å². The molecule has 1 unspecified atom stereocenters. The SMILES string of the molecule is COc1ccc(S(=O)(=O)N[C@H](C(=O)NC(C)c2ccc(F)cc2F)C(C)C)cc1. The quantitative estimate of drug-likeness (QED) is 0.679. The summed E-state index contributed by atoms with van der Waals surface area (Å²) in [5, 5.41) is 2.58. The zero-order valence-corrected chi connectivity index (χ0v) is 17.4. The Bertz CT molecular complexity index is 963. The van der Waals surface area contributed by atoms with Gasteiger partial charge in [0.1, 0.15) is 23.4 Å². The Kier molecular flexibility index (Phi) is 7.32. The van der Waals surface area contributed by atoms with Gasteiger partial charge in [-0.1, -0.05) is 19.9 Å². The van der Waals surface area contributed by atoms with Gasteiger partial charge in [0.15, 0.2) is 0 Å². The summed E-state index contributed by atoms with van der Waals surface area (Å²) in [7, 11) is -2.51. The van der Waals surface area contributed by atoms with E-state index in [4.69, 9.17) is 4.74 Å². The van der Waals surface area contributed by atoms with Crippen molar-refractivity contribution in [2.75, 3.05) is 7.11 Å². The Hall–Kier alpha value is -2.52. The van der Waals surface area contributed by atoms with E-state index in [1.807, 2.05) is 0 Å². The number of ether oxygens (including phenoxy) is 1. The third-order valence-corrected chi connectivity index (χ3v) is 5.85. The highest BCUT2D eigenvalue weighted by Gasteiger charge is 2.29. The first-order valence-corrected chi connectivity index (χ1v) is 10.4. The van der Waals surface area contributed by atoms with Gasteiger partial charge in [-0.05, 0) is 43.2 Å². The van der Waals surface area contributed by atoms with Crippen molar-refractivity contribution >= 4 is 15.9 Å². The maximum Gasteiger partial charge on any atom is 0.241 e. The van der Waals surface area contributed by atoms with Gasteiger partial charge in [-0.15, -0.1) is 0 Å². The Morgan fingerprint density at radius 2 is 1.66 bits per heavy atom. The molecule has 2 aromatic rings. The molecule has 2 atom stereocenters. The summed E-state index contributed by atoms with van der Waals surface area (Å²) >= 11 is 0. The van der Waals surface area contributed by atoms with Gasteiger partial charge < -0.3 is 10.1 Å². The molecule has 0 fully saturated rings. The van der Waals surface area contributed by atoms with Crippen LogP contribution in [0.1, 0.15) is 32.4 Å². The van der Waals surface area contributed by atoms with Crippen LogP contribution in [-0.2, 0) is 14.8 Å². The summed E-state index contributed by atoms with van der Waals surface area (Å²) < 4.78 is 59.8. The fourth-order valence-electron chi connectivity index (χ4n) is 2.72. The van der Waals surface area contributed by atoms with Crippen molar-refractivity contribution in [2.45, 2.75) is 37.8 Å². The van der Waals surface area contributed by atoms with Gasteiger partial charge in [0.25, 0.3) is 0 Å². The van der Waals surface area contributed by atoms with E-state index < -0.39 is 39.6 Å². The summed E-state index contributed by atoms with van der Waals surface area (Å²) in [4.78, 5) is 12.7. The molecule has 0 spiro atoms. The van der Waals surface area contributed by atoms with Crippen molar-refractivity contribution in [3.05, 3.63) is 59.7 Å². The molecule has 0 aliphatic rings. The number of nitrogens with one attached hydrogen (secondary N) is 2. The van der Waals surface area contributed by atoms with Crippen LogP contribution in [-0.4, -0.2) is 27.5 Å². The smallest absolute Gasteiger partial charge is 0.241 e. The predicted octanol–water partition coefficient (Wildman–Crippen LogP) is 3.15. The van der Waals surface area contributed by atoms with E-state index in [1.54, 1.807) is 13.8 Å². The molecule has 158 valence electrons. The van der Waals surface area contributed by atoms with E-state index in [0.29, 0.717) is 5.75 Å². The number of rotatable bonds is 8. The Balaban J connectivity index is 2.18. The number of amides is 1. The summed E-state index contributed by atoms with van der Waals surface area (Å²) in [6.45, 7) is 4.90. The van der Waals surface area contributed by atoms with Gasteiger partial charge in [0.05, 0.1) is 18.0 Å². The maximum atomic E-state index is 14.0. The minimum absolute atomic E-state index is 0.0191. The Morgan fingerprint density at radius 3 is 2.17 bits per heavy atom. The van der Waals surface area contributed by atoms with Gasteiger partial charge >= 0.3 is 0 Å². The van der Waals surface area contributed by atoms with Crippen LogP contribution in [0.2, 0.25) is 0 Å². The first-order chi connectivity index (χ1) is 13.5. The molecule has 6 nitrogen and oxygen atoms in total. The lowest BCUT2D eigenvalue weighted by atomic mass is 10.0. The average molecular weight is 426 g/mol. The highest BCUT2D eigenvalue weighted by Crippen LogP contribution is 2.20. The molecular formula is C20H24F2N2O4S. The second-order valence-corrected chi connectivity index (χ2v) is 8.63. The lowest BCUT2D eigenvalue weighted by Crippen LogP contribution is -2.50. The van der Waals surface area contributed by atoms with Gasteiger partial charge in [-0.3, -0.25) is 4.79 Å². The molecule has 0 radical (unpaired) electrons. The normalized spacial score (nSPS) is 13.8. The van der Waals surface area contributed by atoms with Crippen molar-refractivity contribution in [3.63, 3.8) is 0 Å². The molecular weight excluding hydrogens is 402 g/mol. The monoisotopic (exact) mass is 426 g/mol. The lowest BCUT2D eigenvalue weighted by molar-refractivity contribution is -0.124. The third kappa shape index (κ3) is 5.74.